The number of amides is 1. The maximum Gasteiger partial charge on any atom is 0.256 e. The van der Waals surface area contributed by atoms with Crippen LogP contribution in [0, 0.1) is 0 Å². The average Bonchev–Trinajstić information content (AvgIpc) is 3.12. The molecule has 2 N–H and O–H groups in total. The molecule has 0 unspecified atom stereocenters. The molecular formula is C13H17ClN2O. The van der Waals surface area contributed by atoms with Gasteiger partial charge >= 0.3 is 0 Å². The molecule has 1 aromatic rings. The van der Waals surface area contributed by atoms with Gasteiger partial charge in [-0.15, -0.1) is 0 Å². The van der Waals surface area contributed by atoms with Gasteiger partial charge in [0, 0.05) is 23.3 Å². The summed E-state index contributed by atoms with van der Waals surface area (Å²) >= 11 is 5.91. The average molecular weight is 253 g/mol. The third-order valence-corrected chi connectivity index (χ3v) is 3.19. The van der Waals surface area contributed by atoms with Gasteiger partial charge in [0.05, 0.1) is 5.56 Å². The molecule has 92 valence electrons. The highest BCUT2D eigenvalue weighted by atomic mass is 35.5. The monoisotopic (exact) mass is 252 g/mol. The molecule has 17 heavy (non-hydrogen) atoms. The first-order valence-electron chi connectivity index (χ1n) is 5.99. The Morgan fingerprint density at radius 1 is 1.53 bits per heavy atom. The maximum absolute atomic E-state index is 12.4. The lowest BCUT2D eigenvalue weighted by molar-refractivity contribution is 0.0744. The topological polar surface area (TPSA) is 46.3 Å². The fraction of sp³-hybridized carbons (Fsp3) is 0.462. The van der Waals surface area contributed by atoms with Crippen LogP contribution in [0.1, 0.15) is 36.5 Å². The highest BCUT2D eigenvalue weighted by molar-refractivity contribution is 6.31. The van der Waals surface area contributed by atoms with Gasteiger partial charge < -0.3 is 10.6 Å². The normalized spacial score (nSPS) is 14.7. The number of benzene rings is 1. The summed E-state index contributed by atoms with van der Waals surface area (Å²) in [5, 5.41) is 0.551. The van der Waals surface area contributed by atoms with Gasteiger partial charge in [-0.2, -0.15) is 0 Å². The molecule has 2 rings (SSSR count). The number of carbonyl (C=O) groups excluding carboxylic acids is 1. The molecule has 0 aliphatic heterocycles. The van der Waals surface area contributed by atoms with Crippen molar-refractivity contribution in [3.63, 3.8) is 0 Å². The van der Waals surface area contributed by atoms with Gasteiger partial charge in [0.15, 0.2) is 0 Å². The van der Waals surface area contributed by atoms with Crippen molar-refractivity contribution in [3.8, 4) is 0 Å². The second-order valence-corrected chi connectivity index (χ2v) is 4.90. The summed E-state index contributed by atoms with van der Waals surface area (Å²) < 4.78 is 0. The molecule has 0 saturated heterocycles. The van der Waals surface area contributed by atoms with E-state index in [1.54, 1.807) is 18.2 Å². The fourth-order valence-electron chi connectivity index (χ4n) is 1.95. The molecule has 0 aromatic heterocycles. The van der Waals surface area contributed by atoms with Crippen LogP contribution in [-0.4, -0.2) is 23.4 Å². The molecule has 3 nitrogen and oxygen atoms in total. The molecule has 0 atom stereocenters. The Labute approximate surface area is 107 Å². The van der Waals surface area contributed by atoms with Gasteiger partial charge in [0.1, 0.15) is 0 Å². The van der Waals surface area contributed by atoms with E-state index in [2.05, 4.69) is 6.92 Å². The molecule has 1 amide bonds. The van der Waals surface area contributed by atoms with Crippen LogP contribution in [0.2, 0.25) is 5.02 Å². The molecular weight excluding hydrogens is 236 g/mol. The van der Waals surface area contributed by atoms with Crippen molar-refractivity contribution in [1.29, 1.82) is 0 Å². The van der Waals surface area contributed by atoms with Crippen LogP contribution < -0.4 is 5.73 Å². The minimum absolute atomic E-state index is 0.00866. The summed E-state index contributed by atoms with van der Waals surface area (Å²) in [6, 6.07) is 5.45. The van der Waals surface area contributed by atoms with E-state index in [0.717, 1.165) is 25.8 Å². The first kappa shape index (κ1) is 12.2. The first-order valence-corrected chi connectivity index (χ1v) is 6.37. The van der Waals surface area contributed by atoms with Gasteiger partial charge in [-0.25, -0.2) is 0 Å². The minimum atomic E-state index is 0.00866. The Kier molecular flexibility index (Phi) is 3.57. The van der Waals surface area contributed by atoms with Gasteiger partial charge in [-0.1, -0.05) is 18.5 Å². The maximum atomic E-state index is 12.4. The molecule has 1 saturated carbocycles. The smallest absolute Gasteiger partial charge is 0.256 e. The van der Waals surface area contributed by atoms with Gasteiger partial charge in [-0.3, -0.25) is 4.79 Å². The third kappa shape index (κ3) is 2.72. The summed E-state index contributed by atoms with van der Waals surface area (Å²) in [5.74, 6) is 0.00866. The number of carbonyl (C=O) groups is 1. The van der Waals surface area contributed by atoms with E-state index < -0.39 is 0 Å². The third-order valence-electron chi connectivity index (χ3n) is 2.96. The van der Waals surface area contributed by atoms with Crippen LogP contribution in [0.4, 0.5) is 5.69 Å². The van der Waals surface area contributed by atoms with Crippen LogP contribution in [-0.2, 0) is 0 Å². The Morgan fingerprint density at radius 3 is 2.82 bits per heavy atom. The van der Waals surface area contributed by atoms with Crippen molar-refractivity contribution in [2.75, 3.05) is 12.3 Å². The fourth-order valence-corrected chi connectivity index (χ4v) is 2.12. The zero-order valence-electron chi connectivity index (χ0n) is 9.95. The van der Waals surface area contributed by atoms with E-state index in [0.29, 0.717) is 22.3 Å². The van der Waals surface area contributed by atoms with Gasteiger partial charge in [-0.05, 0) is 37.5 Å². The second kappa shape index (κ2) is 4.96. The highest BCUT2D eigenvalue weighted by Gasteiger charge is 2.32. The molecule has 1 aliphatic carbocycles. The quantitative estimate of drug-likeness (QED) is 0.838. The molecule has 0 bridgehead atoms. The SMILES string of the molecule is CCCN(C(=O)c1cc(Cl)ccc1N)C1CC1. The highest BCUT2D eigenvalue weighted by Crippen LogP contribution is 2.30. The zero-order valence-corrected chi connectivity index (χ0v) is 10.7. The molecule has 4 heteroatoms. The molecule has 1 aromatic carbocycles. The summed E-state index contributed by atoms with van der Waals surface area (Å²) in [5.41, 5.74) is 6.87. The van der Waals surface area contributed by atoms with Crippen molar-refractivity contribution in [1.82, 2.24) is 4.90 Å². The first-order chi connectivity index (χ1) is 8.13. The summed E-state index contributed by atoms with van der Waals surface area (Å²) in [7, 11) is 0. The van der Waals surface area contributed by atoms with Crippen molar-refractivity contribution in [2.24, 2.45) is 0 Å². The summed E-state index contributed by atoms with van der Waals surface area (Å²) in [4.78, 5) is 14.3. The number of rotatable bonds is 4. The number of halogens is 1. The number of nitrogens with zero attached hydrogens (tertiary/aromatic N) is 1. The van der Waals surface area contributed by atoms with Crippen molar-refractivity contribution >= 4 is 23.2 Å². The Morgan fingerprint density at radius 2 is 2.24 bits per heavy atom. The van der Waals surface area contributed by atoms with E-state index >= 15 is 0 Å². The van der Waals surface area contributed by atoms with Crippen LogP contribution in [0.25, 0.3) is 0 Å². The number of hydrogen-bond acceptors (Lipinski definition) is 2. The Bertz CT molecular complexity index is 429. The number of nitrogen functional groups attached to an aromatic ring is 1. The lowest BCUT2D eigenvalue weighted by atomic mass is 10.1. The summed E-state index contributed by atoms with van der Waals surface area (Å²) in [6.07, 6.45) is 3.17. The van der Waals surface area contributed by atoms with E-state index in [1.807, 2.05) is 4.90 Å². The van der Waals surface area contributed by atoms with Crippen LogP contribution in [0.3, 0.4) is 0 Å². The lowest BCUT2D eigenvalue weighted by Gasteiger charge is -2.22. The van der Waals surface area contributed by atoms with Crippen LogP contribution in [0.5, 0.6) is 0 Å². The molecule has 0 radical (unpaired) electrons. The second-order valence-electron chi connectivity index (χ2n) is 4.46. The predicted molar refractivity (Wildman–Crippen MR) is 70.2 cm³/mol. The largest absolute Gasteiger partial charge is 0.398 e. The van der Waals surface area contributed by atoms with Crippen LogP contribution >= 0.6 is 11.6 Å². The van der Waals surface area contributed by atoms with Crippen molar-refractivity contribution < 1.29 is 4.79 Å². The molecule has 1 fully saturated rings. The minimum Gasteiger partial charge on any atom is -0.398 e. The Hall–Kier alpha value is -1.22. The number of anilines is 1. The number of nitrogens with two attached hydrogens (primary N) is 1. The molecule has 0 heterocycles. The standard InChI is InChI=1S/C13H17ClN2O/c1-2-7-16(10-4-5-10)13(17)11-8-9(14)3-6-12(11)15/h3,6,8,10H,2,4-5,7,15H2,1H3. The number of hydrogen-bond donors (Lipinski definition) is 1. The van der Waals surface area contributed by atoms with Crippen LogP contribution in [0.15, 0.2) is 18.2 Å². The van der Waals surface area contributed by atoms with Crippen molar-refractivity contribution in [2.45, 2.75) is 32.2 Å². The van der Waals surface area contributed by atoms with E-state index in [1.165, 1.54) is 0 Å². The Balaban J connectivity index is 2.24. The van der Waals surface area contributed by atoms with E-state index in [9.17, 15) is 4.79 Å². The molecule has 0 spiro atoms. The molecule has 1 aliphatic rings. The van der Waals surface area contributed by atoms with Gasteiger partial charge in [0.25, 0.3) is 5.91 Å². The van der Waals surface area contributed by atoms with Crippen molar-refractivity contribution in [3.05, 3.63) is 28.8 Å². The predicted octanol–water partition coefficient (Wildman–Crippen LogP) is 2.94. The summed E-state index contributed by atoms with van der Waals surface area (Å²) in [6.45, 7) is 2.86. The lowest BCUT2D eigenvalue weighted by Crippen LogP contribution is -2.34. The van der Waals surface area contributed by atoms with E-state index in [4.69, 9.17) is 17.3 Å². The zero-order chi connectivity index (χ0) is 12.4. The van der Waals surface area contributed by atoms with Gasteiger partial charge in [0.2, 0.25) is 0 Å². The van der Waals surface area contributed by atoms with E-state index in [-0.39, 0.29) is 5.91 Å².